The van der Waals surface area contributed by atoms with E-state index in [4.69, 9.17) is 10.5 Å². The first-order valence-electron chi connectivity index (χ1n) is 6.87. The molecule has 0 saturated heterocycles. The van der Waals surface area contributed by atoms with Crippen LogP contribution in [0.3, 0.4) is 0 Å². The van der Waals surface area contributed by atoms with Gasteiger partial charge in [0.05, 0.1) is 0 Å². The van der Waals surface area contributed by atoms with Gasteiger partial charge in [0.2, 0.25) is 0 Å². The Kier molecular flexibility index (Phi) is 4.95. The van der Waals surface area contributed by atoms with Gasteiger partial charge in [0.1, 0.15) is 5.75 Å². The number of carbonyl (C=O) groups is 1. The van der Waals surface area contributed by atoms with Gasteiger partial charge in [-0.05, 0) is 43.2 Å². The predicted octanol–water partition coefficient (Wildman–Crippen LogP) is 2.78. The maximum atomic E-state index is 11.9. The quantitative estimate of drug-likeness (QED) is 0.887. The van der Waals surface area contributed by atoms with Crippen LogP contribution in [0, 0.1) is 13.8 Å². The fourth-order valence-corrected chi connectivity index (χ4v) is 2.05. The minimum Gasteiger partial charge on any atom is -0.484 e. The van der Waals surface area contributed by atoms with Crippen molar-refractivity contribution in [2.45, 2.75) is 20.4 Å². The average molecular weight is 284 g/mol. The van der Waals surface area contributed by atoms with Gasteiger partial charge < -0.3 is 15.8 Å². The molecule has 21 heavy (non-hydrogen) atoms. The molecule has 0 aromatic heterocycles. The zero-order valence-corrected chi connectivity index (χ0v) is 12.3. The molecule has 0 aliphatic carbocycles. The summed E-state index contributed by atoms with van der Waals surface area (Å²) in [4.78, 5) is 11.9. The third kappa shape index (κ3) is 4.33. The monoisotopic (exact) mass is 284 g/mol. The summed E-state index contributed by atoms with van der Waals surface area (Å²) >= 11 is 0. The minimum atomic E-state index is -0.180. The highest BCUT2D eigenvalue weighted by Crippen LogP contribution is 2.16. The van der Waals surface area contributed by atoms with Crippen molar-refractivity contribution in [1.82, 2.24) is 0 Å². The molecular formula is C17H20N2O2. The second-order valence-corrected chi connectivity index (χ2v) is 5.01. The second kappa shape index (κ2) is 6.90. The molecule has 2 aromatic rings. The number of hydrogen-bond acceptors (Lipinski definition) is 3. The zero-order valence-electron chi connectivity index (χ0n) is 12.3. The van der Waals surface area contributed by atoms with Gasteiger partial charge in [-0.1, -0.05) is 29.8 Å². The summed E-state index contributed by atoms with van der Waals surface area (Å²) in [6, 6.07) is 13.3. The van der Waals surface area contributed by atoms with Crippen molar-refractivity contribution in [3.63, 3.8) is 0 Å². The van der Waals surface area contributed by atoms with E-state index < -0.39 is 0 Å². The lowest BCUT2D eigenvalue weighted by molar-refractivity contribution is -0.118. The lowest BCUT2D eigenvalue weighted by Crippen LogP contribution is -2.20. The summed E-state index contributed by atoms with van der Waals surface area (Å²) in [5.74, 6) is 0.467. The Morgan fingerprint density at radius 2 is 2.00 bits per heavy atom. The van der Waals surface area contributed by atoms with Crippen LogP contribution in [0.15, 0.2) is 42.5 Å². The molecule has 0 heterocycles. The molecule has 4 heteroatoms. The number of carbonyl (C=O) groups excluding carboxylic acids is 1. The summed E-state index contributed by atoms with van der Waals surface area (Å²) in [5.41, 5.74) is 9.56. The molecule has 0 spiro atoms. The highest BCUT2D eigenvalue weighted by molar-refractivity contribution is 5.92. The van der Waals surface area contributed by atoms with Crippen molar-refractivity contribution >= 4 is 11.6 Å². The molecule has 4 nitrogen and oxygen atoms in total. The normalized spacial score (nSPS) is 10.2. The van der Waals surface area contributed by atoms with Crippen molar-refractivity contribution in [2.75, 3.05) is 11.9 Å². The van der Waals surface area contributed by atoms with E-state index >= 15 is 0 Å². The summed E-state index contributed by atoms with van der Waals surface area (Å²) in [6.07, 6.45) is 0. The minimum absolute atomic E-state index is 0.0264. The van der Waals surface area contributed by atoms with Crippen LogP contribution in [0.2, 0.25) is 0 Å². The zero-order chi connectivity index (χ0) is 15.2. The Bertz CT molecular complexity index is 638. The third-order valence-electron chi connectivity index (χ3n) is 3.16. The van der Waals surface area contributed by atoms with E-state index in [2.05, 4.69) is 5.32 Å². The molecule has 1 amide bonds. The molecule has 0 fully saturated rings. The maximum absolute atomic E-state index is 11.9. The molecule has 0 bridgehead atoms. The molecule has 110 valence electrons. The van der Waals surface area contributed by atoms with Gasteiger partial charge in [-0.15, -0.1) is 0 Å². The molecule has 2 rings (SSSR count). The van der Waals surface area contributed by atoms with Crippen LogP contribution >= 0.6 is 0 Å². The van der Waals surface area contributed by atoms with Crippen molar-refractivity contribution in [2.24, 2.45) is 5.73 Å². The van der Waals surface area contributed by atoms with E-state index in [-0.39, 0.29) is 12.5 Å². The first kappa shape index (κ1) is 15.1. The van der Waals surface area contributed by atoms with Gasteiger partial charge >= 0.3 is 0 Å². The van der Waals surface area contributed by atoms with Crippen LogP contribution in [-0.4, -0.2) is 12.5 Å². The molecule has 0 aliphatic heterocycles. The van der Waals surface area contributed by atoms with Crippen LogP contribution in [0.4, 0.5) is 5.69 Å². The van der Waals surface area contributed by atoms with Crippen molar-refractivity contribution in [3.05, 3.63) is 59.2 Å². The Labute approximate surface area is 124 Å². The number of hydrogen-bond donors (Lipinski definition) is 2. The summed E-state index contributed by atoms with van der Waals surface area (Å²) in [7, 11) is 0. The highest BCUT2D eigenvalue weighted by atomic mass is 16.5. The third-order valence-corrected chi connectivity index (χ3v) is 3.16. The SMILES string of the molecule is Cc1ccc(NC(=O)COc2cccc(CN)c2)c(C)c1. The summed E-state index contributed by atoms with van der Waals surface area (Å²) < 4.78 is 5.48. The van der Waals surface area contributed by atoms with Crippen LogP contribution in [0.1, 0.15) is 16.7 Å². The molecule has 0 aliphatic rings. The van der Waals surface area contributed by atoms with E-state index in [0.717, 1.165) is 16.8 Å². The Hall–Kier alpha value is -2.33. The van der Waals surface area contributed by atoms with Crippen LogP contribution in [0.25, 0.3) is 0 Å². The standard InChI is InChI=1S/C17H20N2O2/c1-12-6-7-16(13(2)8-12)19-17(20)11-21-15-5-3-4-14(9-15)10-18/h3-9H,10-11,18H2,1-2H3,(H,19,20). The Morgan fingerprint density at radius 3 is 2.71 bits per heavy atom. The number of nitrogens with one attached hydrogen (secondary N) is 1. The highest BCUT2D eigenvalue weighted by Gasteiger charge is 2.06. The maximum Gasteiger partial charge on any atom is 0.262 e. The van der Waals surface area contributed by atoms with Crippen LogP contribution < -0.4 is 15.8 Å². The number of ether oxygens (including phenoxy) is 1. The van der Waals surface area contributed by atoms with Gasteiger partial charge in [0.15, 0.2) is 6.61 Å². The lowest BCUT2D eigenvalue weighted by Gasteiger charge is -2.10. The fraction of sp³-hybridized carbons (Fsp3) is 0.235. The summed E-state index contributed by atoms with van der Waals surface area (Å²) in [6.45, 7) is 4.41. The number of aryl methyl sites for hydroxylation is 2. The number of anilines is 1. The average Bonchev–Trinajstić information content (AvgIpc) is 2.48. The first-order valence-corrected chi connectivity index (χ1v) is 6.87. The van der Waals surface area contributed by atoms with E-state index in [1.807, 2.05) is 56.3 Å². The van der Waals surface area contributed by atoms with Gasteiger partial charge in [-0.25, -0.2) is 0 Å². The number of benzene rings is 2. The molecule has 0 radical (unpaired) electrons. The van der Waals surface area contributed by atoms with Gasteiger partial charge in [0, 0.05) is 12.2 Å². The van der Waals surface area contributed by atoms with E-state index in [0.29, 0.717) is 12.3 Å². The second-order valence-electron chi connectivity index (χ2n) is 5.01. The van der Waals surface area contributed by atoms with E-state index in [1.165, 1.54) is 5.56 Å². The lowest BCUT2D eigenvalue weighted by atomic mass is 10.1. The molecule has 0 atom stereocenters. The van der Waals surface area contributed by atoms with E-state index in [9.17, 15) is 4.79 Å². The van der Waals surface area contributed by atoms with Crippen LogP contribution in [-0.2, 0) is 11.3 Å². The Balaban J connectivity index is 1.92. The van der Waals surface area contributed by atoms with Crippen molar-refractivity contribution in [3.8, 4) is 5.75 Å². The topological polar surface area (TPSA) is 64.3 Å². The number of amides is 1. The van der Waals surface area contributed by atoms with Gasteiger partial charge in [-0.3, -0.25) is 4.79 Å². The molecule has 0 unspecified atom stereocenters. The first-order chi connectivity index (χ1) is 10.1. The summed E-state index contributed by atoms with van der Waals surface area (Å²) in [5, 5.41) is 2.85. The number of nitrogens with two attached hydrogens (primary N) is 1. The van der Waals surface area contributed by atoms with E-state index in [1.54, 1.807) is 0 Å². The number of rotatable bonds is 5. The van der Waals surface area contributed by atoms with Crippen LogP contribution in [0.5, 0.6) is 5.75 Å². The molecule has 2 aromatic carbocycles. The largest absolute Gasteiger partial charge is 0.484 e. The fourth-order valence-electron chi connectivity index (χ4n) is 2.05. The molecule has 3 N–H and O–H groups in total. The van der Waals surface area contributed by atoms with Crippen molar-refractivity contribution in [1.29, 1.82) is 0 Å². The smallest absolute Gasteiger partial charge is 0.262 e. The molecule has 0 saturated carbocycles. The predicted molar refractivity (Wildman–Crippen MR) is 84.4 cm³/mol. The van der Waals surface area contributed by atoms with Gasteiger partial charge in [0.25, 0.3) is 5.91 Å². The Morgan fingerprint density at radius 1 is 1.19 bits per heavy atom. The van der Waals surface area contributed by atoms with Gasteiger partial charge in [-0.2, -0.15) is 0 Å². The van der Waals surface area contributed by atoms with Crippen molar-refractivity contribution < 1.29 is 9.53 Å². The molecular weight excluding hydrogens is 264 g/mol.